The first-order valence-electron chi connectivity index (χ1n) is 4.27. The smallest absolute Gasteiger partial charge is 0.0468 e. The third kappa shape index (κ3) is 2.37. The second-order valence-electron chi connectivity index (χ2n) is 3.14. The quantitative estimate of drug-likeness (QED) is 0.804. The van der Waals surface area contributed by atoms with Gasteiger partial charge in [-0.2, -0.15) is 0 Å². The molecule has 0 spiro atoms. The van der Waals surface area contributed by atoms with Gasteiger partial charge in [-0.3, -0.25) is 0 Å². The molecule has 2 N–H and O–H groups in total. The van der Waals surface area contributed by atoms with Crippen LogP contribution in [0.15, 0.2) is 12.1 Å². The molecule has 1 aromatic rings. The van der Waals surface area contributed by atoms with Crippen LogP contribution >= 0.6 is 23.2 Å². The zero-order chi connectivity index (χ0) is 10.0. The molecule has 0 saturated carbocycles. The Morgan fingerprint density at radius 2 is 1.92 bits per heavy atom. The van der Waals surface area contributed by atoms with Gasteiger partial charge in [-0.1, -0.05) is 36.2 Å². The highest BCUT2D eigenvalue weighted by Crippen LogP contribution is 2.29. The molecule has 1 unspecified atom stereocenters. The van der Waals surface area contributed by atoms with E-state index in [0.29, 0.717) is 10.0 Å². The minimum Gasteiger partial charge on any atom is -0.324 e. The highest BCUT2D eigenvalue weighted by atomic mass is 35.5. The number of nitrogens with two attached hydrogens (primary N) is 1. The molecule has 0 aliphatic rings. The van der Waals surface area contributed by atoms with Crippen LogP contribution in [0.3, 0.4) is 0 Å². The summed E-state index contributed by atoms with van der Waals surface area (Å²) in [7, 11) is 0. The predicted octanol–water partition coefficient (Wildman–Crippen LogP) is 3.71. The first-order valence-corrected chi connectivity index (χ1v) is 5.03. The Labute approximate surface area is 88.8 Å². The first kappa shape index (κ1) is 10.8. The fraction of sp³-hybridized carbons (Fsp3) is 0.400. The molecule has 0 fully saturated rings. The van der Waals surface area contributed by atoms with Gasteiger partial charge < -0.3 is 5.73 Å². The lowest BCUT2D eigenvalue weighted by Crippen LogP contribution is -2.09. The largest absolute Gasteiger partial charge is 0.324 e. The number of benzene rings is 1. The number of rotatable bonds is 2. The van der Waals surface area contributed by atoms with Crippen LogP contribution in [0.4, 0.5) is 0 Å². The molecule has 0 heterocycles. The van der Waals surface area contributed by atoms with Crippen molar-refractivity contribution in [3.05, 3.63) is 33.3 Å². The van der Waals surface area contributed by atoms with Gasteiger partial charge in [-0.05, 0) is 30.5 Å². The zero-order valence-electron chi connectivity index (χ0n) is 7.77. The number of aryl methyl sites for hydroxylation is 1. The van der Waals surface area contributed by atoms with Crippen LogP contribution in [-0.4, -0.2) is 0 Å². The average Bonchev–Trinajstić information content (AvgIpc) is 2.10. The van der Waals surface area contributed by atoms with Crippen LogP contribution in [0.2, 0.25) is 10.0 Å². The Hall–Kier alpha value is -0.240. The normalized spacial score (nSPS) is 13.0. The molecule has 13 heavy (non-hydrogen) atoms. The molecule has 0 aromatic heterocycles. The highest BCUT2D eigenvalue weighted by Gasteiger charge is 2.10. The Balaban J connectivity index is 3.15. The molecule has 72 valence electrons. The second kappa shape index (κ2) is 4.32. The lowest BCUT2D eigenvalue weighted by Gasteiger charge is -2.12. The molecule has 1 atom stereocenters. The number of hydrogen-bond acceptors (Lipinski definition) is 1. The van der Waals surface area contributed by atoms with E-state index >= 15 is 0 Å². The molecule has 0 radical (unpaired) electrons. The summed E-state index contributed by atoms with van der Waals surface area (Å²) < 4.78 is 0. The summed E-state index contributed by atoms with van der Waals surface area (Å²) in [5, 5.41) is 1.35. The van der Waals surface area contributed by atoms with Gasteiger partial charge in [0.05, 0.1) is 0 Å². The molecule has 0 saturated heterocycles. The van der Waals surface area contributed by atoms with E-state index in [-0.39, 0.29) is 6.04 Å². The summed E-state index contributed by atoms with van der Waals surface area (Å²) in [5.41, 5.74) is 7.88. The topological polar surface area (TPSA) is 26.0 Å². The van der Waals surface area contributed by atoms with Crippen molar-refractivity contribution in [2.24, 2.45) is 5.73 Å². The van der Waals surface area contributed by atoms with Gasteiger partial charge in [-0.25, -0.2) is 0 Å². The van der Waals surface area contributed by atoms with E-state index < -0.39 is 0 Å². The van der Waals surface area contributed by atoms with Gasteiger partial charge in [0.25, 0.3) is 0 Å². The van der Waals surface area contributed by atoms with Crippen LogP contribution < -0.4 is 5.73 Å². The van der Waals surface area contributed by atoms with E-state index in [1.165, 1.54) is 0 Å². The first-order chi connectivity index (χ1) is 6.06. The third-order valence-corrected chi connectivity index (χ3v) is 2.85. The van der Waals surface area contributed by atoms with E-state index in [4.69, 9.17) is 28.9 Å². The van der Waals surface area contributed by atoms with Crippen LogP contribution in [0.1, 0.15) is 30.5 Å². The maximum Gasteiger partial charge on any atom is 0.0468 e. The van der Waals surface area contributed by atoms with Gasteiger partial charge in [-0.15, -0.1) is 0 Å². The third-order valence-electron chi connectivity index (χ3n) is 2.12. The molecule has 1 nitrogen and oxygen atoms in total. The predicted molar refractivity (Wildman–Crippen MR) is 58.4 cm³/mol. The van der Waals surface area contributed by atoms with E-state index in [0.717, 1.165) is 17.5 Å². The van der Waals surface area contributed by atoms with Crippen molar-refractivity contribution in [3.8, 4) is 0 Å². The Kier molecular flexibility index (Phi) is 3.60. The Morgan fingerprint density at radius 3 is 2.46 bits per heavy atom. The van der Waals surface area contributed by atoms with Gasteiger partial charge >= 0.3 is 0 Å². The molecule has 0 aliphatic carbocycles. The molecule has 0 aliphatic heterocycles. The average molecular weight is 218 g/mol. The SMILES string of the molecule is CCC(N)c1cc(C)c(Cl)cc1Cl. The summed E-state index contributed by atoms with van der Waals surface area (Å²) in [6, 6.07) is 3.71. The van der Waals surface area contributed by atoms with E-state index in [1.807, 2.05) is 19.9 Å². The second-order valence-corrected chi connectivity index (χ2v) is 3.95. The Bertz CT molecular complexity index is 310. The number of hydrogen-bond donors (Lipinski definition) is 1. The van der Waals surface area contributed by atoms with Gasteiger partial charge in [0.1, 0.15) is 0 Å². The highest BCUT2D eigenvalue weighted by molar-refractivity contribution is 6.35. The molecule has 1 rings (SSSR count). The number of halogens is 2. The molecule has 0 bridgehead atoms. The summed E-state index contributed by atoms with van der Waals surface area (Å²) in [5.74, 6) is 0. The minimum absolute atomic E-state index is 0.00321. The van der Waals surface area contributed by atoms with E-state index in [9.17, 15) is 0 Å². The van der Waals surface area contributed by atoms with Crippen molar-refractivity contribution < 1.29 is 0 Å². The maximum absolute atomic E-state index is 6.01. The van der Waals surface area contributed by atoms with Crippen LogP contribution in [0.5, 0.6) is 0 Å². The van der Waals surface area contributed by atoms with E-state index in [1.54, 1.807) is 6.07 Å². The van der Waals surface area contributed by atoms with Crippen LogP contribution in [-0.2, 0) is 0 Å². The zero-order valence-corrected chi connectivity index (χ0v) is 9.28. The van der Waals surface area contributed by atoms with Gasteiger partial charge in [0.15, 0.2) is 0 Å². The summed E-state index contributed by atoms with van der Waals surface area (Å²) in [6.45, 7) is 3.98. The lowest BCUT2D eigenvalue weighted by atomic mass is 10.0. The lowest BCUT2D eigenvalue weighted by molar-refractivity contribution is 0.698. The minimum atomic E-state index is 0.00321. The maximum atomic E-state index is 6.01. The van der Waals surface area contributed by atoms with Crippen molar-refractivity contribution in [3.63, 3.8) is 0 Å². The van der Waals surface area contributed by atoms with E-state index in [2.05, 4.69) is 0 Å². The fourth-order valence-electron chi connectivity index (χ4n) is 1.18. The van der Waals surface area contributed by atoms with Crippen molar-refractivity contribution in [2.75, 3.05) is 0 Å². The summed E-state index contributed by atoms with van der Waals surface area (Å²) in [6.07, 6.45) is 0.876. The molecular formula is C10H13Cl2N. The van der Waals surface area contributed by atoms with Crippen LogP contribution in [0, 0.1) is 6.92 Å². The van der Waals surface area contributed by atoms with Gasteiger partial charge in [0, 0.05) is 16.1 Å². The standard InChI is InChI=1S/C10H13Cl2N/c1-3-10(13)7-4-6(2)8(11)5-9(7)12/h4-5,10H,3,13H2,1-2H3. The molecule has 0 amide bonds. The monoisotopic (exact) mass is 217 g/mol. The summed E-state index contributed by atoms with van der Waals surface area (Å²) in [4.78, 5) is 0. The molecule has 1 aromatic carbocycles. The molecular weight excluding hydrogens is 205 g/mol. The van der Waals surface area contributed by atoms with Crippen molar-refractivity contribution in [1.82, 2.24) is 0 Å². The Morgan fingerprint density at radius 1 is 1.31 bits per heavy atom. The van der Waals surface area contributed by atoms with Crippen molar-refractivity contribution in [2.45, 2.75) is 26.3 Å². The van der Waals surface area contributed by atoms with Crippen molar-refractivity contribution in [1.29, 1.82) is 0 Å². The fourth-order valence-corrected chi connectivity index (χ4v) is 1.71. The van der Waals surface area contributed by atoms with Crippen molar-refractivity contribution >= 4 is 23.2 Å². The van der Waals surface area contributed by atoms with Gasteiger partial charge in [0.2, 0.25) is 0 Å². The van der Waals surface area contributed by atoms with Crippen LogP contribution in [0.25, 0.3) is 0 Å². The summed E-state index contributed by atoms with van der Waals surface area (Å²) >= 11 is 11.9. The molecule has 3 heteroatoms.